The van der Waals surface area contributed by atoms with Crippen molar-refractivity contribution in [3.05, 3.63) is 72.8 Å². The molecular weight excluding hydrogens is 280 g/mol. The van der Waals surface area contributed by atoms with Crippen LogP contribution in [0.3, 0.4) is 0 Å². The van der Waals surface area contributed by atoms with E-state index in [1.165, 1.54) is 27.3 Å². The lowest BCUT2D eigenvalue weighted by Gasteiger charge is -2.15. The van der Waals surface area contributed by atoms with Crippen molar-refractivity contribution in [2.45, 2.75) is 0 Å². The van der Waals surface area contributed by atoms with E-state index in [0.717, 1.165) is 11.3 Å². The predicted octanol–water partition coefficient (Wildman–Crippen LogP) is 5.12. The summed E-state index contributed by atoms with van der Waals surface area (Å²) in [4.78, 5) is 6.80. The highest BCUT2D eigenvalue weighted by Crippen LogP contribution is 2.32. The summed E-state index contributed by atoms with van der Waals surface area (Å²) in [5, 5.41) is 3.72. The fourth-order valence-corrected chi connectivity index (χ4v) is 2.99. The molecule has 0 radical (unpaired) electrons. The molecule has 2 heteroatoms. The molecule has 0 amide bonds. The highest BCUT2D eigenvalue weighted by molar-refractivity contribution is 5.98. The molecule has 0 aliphatic carbocycles. The first-order chi connectivity index (χ1) is 11.2. The van der Waals surface area contributed by atoms with Gasteiger partial charge in [-0.1, -0.05) is 54.6 Å². The van der Waals surface area contributed by atoms with Crippen LogP contribution in [0.5, 0.6) is 0 Å². The Labute approximate surface area is 136 Å². The van der Waals surface area contributed by atoms with E-state index in [1.54, 1.807) is 0 Å². The van der Waals surface area contributed by atoms with E-state index in [2.05, 4.69) is 71.6 Å². The number of nitrogens with zero attached hydrogens (tertiary/aromatic N) is 2. The van der Waals surface area contributed by atoms with Gasteiger partial charge in [-0.3, -0.25) is 0 Å². The topological polar surface area (TPSA) is 16.1 Å². The summed E-state index contributed by atoms with van der Waals surface area (Å²) < 4.78 is 0. The van der Waals surface area contributed by atoms with Gasteiger partial charge in [0.15, 0.2) is 0 Å². The maximum Gasteiger partial charge on any atom is 0.129 e. The summed E-state index contributed by atoms with van der Waals surface area (Å²) in [6, 6.07) is 25.6. The van der Waals surface area contributed by atoms with Gasteiger partial charge in [0.1, 0.15) is 5.82 Å². The summed E-state index contributed by atoms with van der Waals surface area (Å²) in [6.45, 7) is 0. The van der Waals surface area contributed by atoms with Crippen LogP contribution >= 0.6 is 0 Å². The summed E-state index contributed by atoms with van der Waals surface area (Å²) in [7, 11) is 4.06. The zero-order valence-corrected chi connectivity index (χ0v) is 13.3. The van der Waals surface area contributed by atoms with Crippen LogP contribution in [0.25, 0.3) is 32.8 Å². The minimum atomic E-state index is 0.979. The second kappa shape index (κ2) is 5.40. The van der Waals surface area contributed by atoms with Crippen LogP contribution in [0.2, 0.25) is 0 Å². The third-order valence-corrected chi connectivity index (χ3v) is 4.22. The second-order valence-electron chi connectivity index (χ2n) is 6.00. The van der Waals surface area contributed by atoms with Gasteiger partial charge in [-0.25, -0.2) is 4.98 Å². The van der Waals surface area contributed by atoms with Gasteiger partial charge in [0.2, 0.25) is 0 Å². The molecule has 0 unspecified atom stereocenters. The van der Waals surface area contributed by atoms with Gasteiger partial charge in [-0.15, -0.1) is 0 Å². The van der Waals surface area contributed by atoms with Crippen molar-refractivity contribution in [2.24, 2.45) is 0 Å². The van der Waals surface area contributed by atoms with Crippen LogP contribution in [0, 0.1) is 0 Å². The summed E-state index contributed by atoms with van der Waals surface area (Å²) in [5.41, 5.74) is 3.48. The lowest BCUT2D eigenvalue weighted by atomic mass is 9.98. The Hall–Kier alpha value is -2.87. The molecule has 23 heavy (non-hydrogen) atoms. The normalized spacial score (nSPS) is 11.0. The van der Waals surface area contributed by atoms with E-state index in [9.17, 15) is 0 Å². The average molecular weight is 298 g/mol. The summed E-state index contributed by atoms with van der Waals surface area (Å²) >= 11 is 0. The Bertz CT molecular complexity index is 1000. The standard InChI is InChI=1S/C21H18N2/c1-23(2)21-14-19(18-9-5-6-10-20(18)22-21)17-12-11-15-7-3-4-8-16(15)13-17/h3-14H,1-2H3. The van der Waals surface area contributed by atoms with Crippen LogP contribution in [0.4, 0.5) is 5.82 Å². The smallest absolute Gasteiger partial charge is 0.129 e. The van der Waals surface area contributed by atoms with Crippen molar-refractivity contribution >= 4 is 27.5 Å². The predicted molar refractivity (Wildman–Crippen MR) is 99.0 cm³/mol. The maximum absolute atomic E-state index is 4.75. The highest BCUT2D eigenvalue weighted by atomic mass is 15.1. The Morgan fingerprint density at radius 3 is 2.30 bits per heavy atom. The van der Waals surface area contributed by atoms with E-state index >= 15 is 0 Å². The van der Waals surface area contributed by atoms with Crippen molar-refractivity contribution < 1.29 is 0 Å². The first-order valence-corrected chi connectivity index (χ1v) is 7.79. The van der Waals surface area contributed by atoms with Gasteiger partial charge in [-0.2, -0.15) is 0 Å². The number of anilines is 1. The van der Waals surface area contributed by atoms with Gasteiger partial charge < -0.3 is 4.90 Å². The molecule has 4 aromatic rings. The minimum Gasteiger partial charge on any atom is -0.363 e. The Balaban J connectivity index is 2.02. The number of benzene rings is 3. The Kier molecular flexibility index (Phi) is 3.23. The molecule has 2 nitrogen and oxygen atoms in total. The molecule has 1 heterocycles. The first-order valence-electron chi connectivity index (χ1n) is 7.79. The molecule has 112 valence electrons. The lowest BCUT2D eigenvalue weighted by Crippen LogP contribution is -2.10. The van der Waals surface area contributed by atoms with Crippen molar-refractivity contribution in [1.82, 2.24) is 4.98 Å². The molecule has 3 aromatic carbocycles. The second-order valence-corrected chi connectivity index (χ2v) is 6.00. The van der Waals surface area contributed by atoms with Gasteiger partial charge in [0.25, 0.3) is 0 Å². The number of hydrogen-bond acceptors (Lipinski definition) is 2. The van der Waals surface area contributed by atoms with E-state index in [-0.39, 0.29) is 0 Å². The van der Waals surface area contributed by atoms with Gasteiger partial charge in [0.05, 0.1) is 5.52 Å². The minimum absolute atomic E-state index is 0.979. The molecule has 0 saturated carbocycles. The van der Waals surface area contributed by atoms with Crippen LogP contribution in [0.1, 0.15) is 0 Å². The molecule has 0 atom stereocenters. The van der Waals surface area contributed by atoms with Crippen LogP contribution in [-0.2, 0) is 0 Å². The number of aromatic nitrogens is 1. The van der Waals surface area contributed by atoms with Gasteiger partial charge in [-0.05, 0) is 40.1 Å². The van der Waals surface area contributed by atoms with E-state index in [4.69, 9.17) is 4.98 Å². The van der Waals surface area contributed by atoms with E-state index < -0.39 is 0 Å². The molecular formula is C21H18N2. The molecule has 0 N–H and O–H groups in total. The van der Waals surface area contributed by atoms with Crippen molar-refractivity contribution in [2.75, 3.05) is 19.0 Å². The summed E-state index contributed by atoms with van der Waals surface area (Å²) in [6.07, 6.45) is 0. The highest BCUT2D eigenvalue weighted by Gasteiger charge is 2.09. The number of para-hydroxylation sites is 1. The number of fused-ring (bicyclic) bond motifs is 2. The zero-order valence-electron chi connectivity index (χ0n) is 13.3. The Morgan fingerprint density at radius 1 is 0.739 bits per heavy atom. The molecule has 0 bridgehead atoms. The molecule has 0 saturated heterocycles. The number of pyridine rings is 1. The Morgan fingerprint density at radius 2 is 1.48 bits per heavy atom. The van der Waals surface area contributed by atoms with Crippen LogP contribution in [-0.4, -0.2) is 19.1 Å². The quantitative estimate of drug-likeness (QED) is 0.510. The number of rotatable bonds is 2. The largest absolute Gasteiger partial charge is 0.363 e. The van der Waals surface area contributed by atoms with Crippen molar-refractivity contribution in [3.63, 3.8) is 0 Å². The molecule has 1 aromatic heterocycles. The third kappa shape index (κ3) is 2.42. The first kappa shape index (κ1) is 13.8. The molecule has 0 aliphatic rings. The molecule has 0 spiro atoms. The van der Waals surface area contributed by atoms with Gasteiger partial charge in [0, 0.05) is 19.5 Å². The maximum atomic E-state index is 4.75. The lowest BCUT2D eigenvalue weighted by molar-refractivity contribution is 1.08. The van der Waals surface area contributed by atoms with Crippen LogP contribution in [0.15, 0.2) is 72.8 Å². The van der Waals surface area contributed by atoms with Gasteiger partial charge >= 0.3 is 0 Å². The van der Waals surface area contributed by atoms with E-state index in [0.29, 0.717) is 0 Å². The van der Waals surface area contributed by atoms with E-state index in [1.807, 2.05) is 20.2 Å². The molecule has 0 fully saturated rings. The molecule has 4 rings (SSSR count). The van der Waals surface area contributed by atoms with Crippen molar-refractivity contribution in [3.8, 4) is 11.1 Å². The van der Waals surface area contributed by atoms with Crippen molar-refractivity contribution in [1.29, 1.82) is 0 Å². The SMILES string of the molecule is CN(C)c1cc(-c2ccc3ccccc3c2)c2ccccc2n1. The fourth-order valence-electron chi connectivity index (χ4n) is 2.99. The zero-order chi connectivity index (χ0) is 15.8. The fraction of sp³-hybridized carbons (Fsp3) is 0.0952. The number of hydrogen-bond donors (Lipinski definition) is 0. The average Bonchev–Trinajstić information content (AvgIpc) is 2.60. The molecule has 0 aliphatic heterocycles. The van der Waals surface area contributed by atoms with Crippen LogP contribution < -0.4 is 4.90 Å². The monoisotopic (exact) mass is 298 g/mol. The third-order valence-electron chi connectivity index (χ3n) is 4.22. The summed E-state index contributed by atoms with van der Waals surface area (Å²) in [5.74, 6) is 0.979.